The largest absolute Gasteiger partial charge is 0.363 e. The van der Waals surface area contributed by atoms with Crippen molar-refractivity contribution in [3.8, 4) is 0 Å². The summed E-state index contributed by atoms with van der Waals surface area (Å²) in [6.45, 7) is 0. The molecule has 1 aromatic rings. The number of hydrogen-bond acceptors (Lipinski definition) is 2. The lowest BCUT2D eigenvalue weighted by atomic mass is 10.3. The first-order valence-corrected chi connectivity index (χ1v) is 6.63. The smallest absolute Gasteiger partial charge is 0.269 e. The zero-order valence-electron chi connectivity index (χ0n) is 7.44. The third-order valence-corrected chi connectivity index (χ3v) is 3.53. The van der Waals surface area contributed by atoms with Crippen molar-refractivity contribution in [3.63, 3.8) is 0 Å². The number of alkyl halides is 3. The molecular formula is C7H5Cl4NO3S. The Kier molecular flexibility index (Phi) is 4.21. The van der Waals surface area contributed by atoms with Gasteiger partial charge in [0.25, 0.3) is 3.92 Å². The van der Waals surface area contributed by atoms with E-state index in [4.69, 9.17) is 51.0 Å². The lowest BCUT2D eigenvalue weighted by Crippen LogP contribution is -2.40. The van der Waals surface area contributed by atoms with E-state index >= 15 is 0 Å². The second-order valence-electron chi connectivity index (χ2n) is 2.69. The molecule has 4 nitrogen and oxygen atoms in total. The van der Waals surface area contributed by atoms with Gasteiger partial charge >= 0.3 is 10.3 Å². The van der Waals surface area contributed by atoms with Crippen LogP contribution < -0.4 is 4.31 Å². The van der Waals surface area contributed by atoms with Crippen molar-refractivity contribution in [2.75, 3.05) is 4.31 Å². The predicted molar refractivity (Wildman–Crippen MR) is 65.8 cm³/mol. The molecule has 1 N–H and O–H groups in total. The number of rotatable bonds is 2. The molecule has 0 spiro atoms. The molecule has 0 aliphatic heterocycles. The lowest BCUT2D eigenvalue weighted by Gasteiger charge is -2.27. The molecule has 0 unspecified atom stereocenters. The first-order chi connectivity index (χ1) is 7.12. The van der Waals surface area contributed by atoms with Crippen LogP contribution in [0.5, 0.6) is 0 Å². The summed E-state index contributed by atoms with van der Waals surface area (Å²) in [5.41, 5.74) is -0.0214. The molecule has 0 saturated heterocycles. The Labute approximate surface area is 113 Å². The average Bonchev–Trinajstić information content (AvgIpc) is 2.03. The molecule has 0 aromatic heterocycles. The van der Waals surface area contributed by atoms with Gasteiger partial charge in [0.15, 0.2) is 0 Å². The van der Waals surface area contributed by atoms with Gasteiger partial charge in [-0.3, -0.25) is 4.55 Å². The monoisotopic (exact) mass is 323 g/mol. The highest BCUT2D eigenvalue weighted by molar-refractivity contribution is 7.87. The molecule has 0 aliphatic rings. The fourth-order valence-corrected chi connectivity index (χ4v) is 2.84. The molecule has 90 valence electrons. The van der Waals surface area contributed by atoms with Gasteiger partial charge in [-0.15, -0.1) is 0 Å². The quantitative estimate of drug-likeness (QED) is 0.516. The van der Waals surface area contributed by atoms with Crippen molar-refractivity contribution >= 4 is 62.4 Å². The zero-order chi connectivity index (χ0) is 12.6. The summed E-state index contributed by atoms with van der Waals surface area (Å²) in [7, 11) is -4.69. The molecule has 0 heterocycles. The fraction of sp³-hybridized carbons (Fsp3) is 0.143. The molecule has 1 rings (SSSR count). The molecular weight excluding hydrogens is 320 g/mol. The Morgan fingerprint density at radius 1 is 1.12 bits per heavy atom. The third-order valence-electron chi connectivity index (χ3n) is 1.52. The third kappa shape index (κ3) is 3.55. The Hall–Kier alpha value is 0.0900. The Morgan fingerprint density at radius 3 is 1.88 bits per heavy atom. The number of halogens is 4. The first-order valence-electron chi connectivity index (χ1n) is 3.72. The van der Waals surface area contributed by atoms with E-state index in [-0.39, 0.29) is 9.99 Å². The van der Waals surface area contributed by atoms with Crippen molar-refractivity contribution in [1.82, 2.24) is 0 Å². The van der Waals surface area contributed by atoms with Crippen LogP contribution in [-0.4, -0.2) is 16.9 Å². The molecule has 0 atom stereocenters. The zero-order valence-corrected chi connectivity index (χ0v) is 11.3. The van der Waals surface area contributed by atoms with E-state index in [0.29, 0.717) is 5.02 Å². The molecule has 0 fully saturated rings. The van der Waals surface area contributed by atoms with E-state index in [1.807, 2.05) is 0 Å². The van der Waals surface area contributed by atoms with Crippen LogP contribution in [-0.2, 0) is 10.3 Å². The van der Waals surface area contributed by atoms with E-state index in [1.165, 1.54) is 24.3 Å². The summed E-state index contributed by atoms with van der Waals surface area (Å²) in [6.07, 6.45) is 0. The highest BCUT2D eigenvalue weighted by Crippen LogP contribution is 2.37. The van der Waals surface area contributed by atoms with Crippen LogP contribution in [0.2, 0.25) is 5.02 Å². The van der Waals surface area contributed by atoms with E-state index in [9.17, 15) is 8.42 Å². The maximum Gasteiger partial charge on any atom is 0.363 e. The second-order valence-corrected chi connectivity index (χ2v) is 6.61. The van der Waals surface area contributed by atoms with Crippen LogP contribution in [0.15, 0.2) is 24.3 Å². The van der Waals surface area contributed by atoms with Crippen LogP contribution in [0.3, 0.4) is 0 Å². The van der Waals surface area contributed by atoms with Gasteiger partial charge in [0.05, 0.1) is 5.69 Å². The van der Waals surface area contributed by atoms with Crippen molar-refractivity contribution in [2.24, 2.45) is 0 Å². The summed E-state index contributed by atoms with van der Waals surface area (Å²) in [4.78, 5) is 0. The molecule has 0 amide bonds. The number of benzene rings is 1. The van der Waals surface area contributed by atoms with Gasteiger partial charge in [0, 0.05) is 5.02 Å². The number of anilines is 1. The Bertz CT molecular complexity index is 467. The first kappa shape index (κ1) is 14.2. The molecule has 0 bridgehead atoms. The average molecular weight is 325 g/mol. The van der Waals surface area contributed by atoms with E-state index in [0.717, 1.165) is 0 Å². The van der Waals surface area contributed by atoms with Gasteiger partial charge < -0.3 is 0 Å². The fourth-order valence-electron chi connectivity index (χ4n) is 0.987. The summed E-state index contributed by atoms with van der Waals surface area (Å²) >= 11 is 21.9. The van der Waals surface area contributed by atoms with Crippen molar-refractivity contribution < 1.29 is 13.0 Å². The highest BCUT2D eigenvalue weighted by atomic mass is 35.6. The summed E-state index contributed by atoms with van der Waals surface area (Å²) in [6, 6.07) is 5.37. The van der Waals surface area contributed by atoms with Crippen LogP contribution in [0.25, 0.3) is 0 Å². The highest BCUT2D eigenvalue weighted by Gasteiger charge is 2.38. The van der Waals surface area contributed by atoms with Crippen LogP contribution >= 0.6 is 46.4 Å². The van der Waals surface area contributed by atoms with Crippen LogP contribution in [0, 0.1) is 0 Å². The van der Waals surface area contributed by atoms with Crippen molar-refractivity contribution in [1.29, 1.82) is 0 Å². The predicted octanol–water partition coefficient (Wildman–Crippen LogP) is 3.28. The minimum absolute atomic E-state index is 0.0214. The molecule has 0 radical (unpaired) electrons. The summed E-state index contributed by atoms with van der Waals surface area (Å²) < 4.78 is 29.0. The topological polar surface area (TPSA) is 57.6 Å². The summed E-state index contributed by atoms with van der Waals surface area (Å²) in [5.74, 6) is 0. The van der Waals surface area contributed by atoms with Gasteiger partial charge in [-0.05, 0) is 24.3 Å². The van der Waals surface area contributed by atoms with Crippen molar-refractivity contribution in [3.05, 3.63) is 29.3 Å². The maximum atomic E-state index is 11.1. The molecule has 0 saturated carbocycles. The molecule has 1 aromatic carbocycles. The standard InChI is InChI=1S/C7H5Cl4NO3S/c8-5-1-3-6(4-2-5)12(7(9,10)11)16(13,14)15/h1-4H,(H,13,14,15). The van der Waals surface area contributed by atoms with Crippen molar-refractivity contribution in [2.45, 2.75) is 3.92 Å². The number of nitrogens with zero attached hydrogens (tertiary/aromatic N) is 1. The van der Waals surface area contributed by atoms with Crippen LogP contribution in [0.1, 0.15) is 0 Å². The Morgan fingerprint density at radius 2 is 1.56 bits per heavy atom. The SMILES string of the molecule is O=S(=O)(O)N(c1ccc(Cl)cc1)C(Cl)(Cl)Cl. The van der Waals surface area contributed by atoms with Crippen LogP contribution in [0.4, 0.5) is 5.69 Å². The van der Waals surface area contributed by atoms with Gasteiger partial charge in [-0.1, -0.05) is 46.4 Å². The molecule has 0 aliphatic carbocycles. The molecule has 9 heteroatoms. The minimum atomic E-state index is -4.69. The lowest BCUT2D eigenvalue weighted by molar-refractivity contribution is 0.478. The number of hydrogen-bond donors (Lipinski definition) is 1. The summed E-state index contributed by atoms with van der Waals surface area (Å²) in [5, 5.41) is 0.378. The normalized spacial score (nSPS) is 12.6. The Balaban J connectivity index is 3.29. The van der Waals surface area contributed by atoms with E-state index in [1.54, 1.807) is 0 Å². The second kappa shape index (κ2) is 4.76. The van der Waals surface area contributed by atoms with Gasteiger partial charge in [-0.2, -0.15) is 12.7 Å². The molecule has 16 heavy (non-hydrogen) atoms. The van der Waals surface area contributed by atoms with Gasteiger partial charge in [0.1, 0.15) is 0 Å². The maximum absolute atomic E-state index is 11.1. The van der Waals surface area contributed by atoms with E-state index < -0.39 is 14.2 Å². The van der Waals surface area contributed by atoms with Gasteiger partial charge in [0.2, 0.25) is 0 Å². The van der Waals surface area contributed by atoms with E-state index in [2.05, 4.69) is 0 Å². The minimum Gasteiger partial charge on any atom is -0.269 e. The van der Waals surface area contributed by atoms with Gasteiger partial charge in [-0.25, -0.2) is 0 Å².